The summed E-state index contributed by atoms with van der Waals surface area (Å²) in [7, 11) is 0. The molecule has 0 aliphatic carbocycles. The first kappa shape index (κ1) is 12.2. The quantitative estimate of drug-likeness (QED) is 0.800. The van der Waals surface area contributed by atoms with Gasteiger partial charge >= 0.3 is 0 Å². The van der Waals surface area contributed by atoms with E-state index in [1.807, 2.05) is 30.3 Å². The zero-order chi connectivity index (χ0) is 12.8. The van der Waals surface area contributed by atoms with E-state index in [4.69, 9.17) is 4.74 Å². The number of carboxylic acids is 1. The van der Waals surface area contributed by atoms with Crippen molar-refractivity contribution in [3.05, 3.63) is 65.7 Å². The van der Waals surface area contributed by atoms with E-state index in [1.165, 1.54) is 17.7 Å². The Labute approximate surface area is 106 Å². The Morgan fingerprint density at radius 1 is 1.00 bits per heavy atom. The molecule has 0 aromatic heterocycles. The van der Waals surface area contributed by atoms with Gasteiger partial charge in [0.2, 0.25) is 0 Å². The molecule has 3 nitrogen and oxygen atoms in total. The second-order valence-corrected chi connectivity index (χ2v) is 3.90. The van der Waals surface area contributed by atoms with Gasteiger partial charge in [0.25, 0.3) is 0 Å². The molecular weight excluding hydrogens is 228 g/mol. The predicted molar refractivity (Wildman–Crippen MR) is 66.4 cm³/mol. The molecule has 0 spiro atoms. The third-order valence-corrected chi connectivity index (χ3v) is 2.59. The van der Waals surface area contributed by atoms with Gasteiger partial charge in [-0.2, -0.15) is 0 Å². The van der Waals surface area contributed by atoms with Crippen molar-refractivity contribution >= 4 is 5.97 Å². The fourth-order valence-corrected chi connectivity index (χ4v) is 1.62. The third-order valence-electron chi connectivity index (χ3n) is 2.59. The highest BCUT2D eigenvalue weighted by Crippen LogP contribution is 2.12. The van der Waals surface area contributed by atoms with Gasteiger partial charge in [-0.25, -0.2) is 0 Å². The molecule has 3 heteroatoms. The summed E-state index contributed by atoms with van der Waals surface area (Å²) in [6, 6.07) is 16.3. The number of hydrogen-bond acceptors (Lipinski definition) is 3. The molecule has 0 heterocycles. The molecule has 0 atom stereocenters. The van der Waals surface area contributed by atoms with Gasteiger partial charge in [-0.3, -0.25) is 0 Å². The van der Waals surface area contributed by atoms with Gasteiger partial charge in [0.05, 0.1) is 12.6 Å². The van der Waals surface area contributed by atoms with E-state index < -0.39 is 5.97 Å². The van der Waals surface area contributed by atoms with Crippen LogP contribution in [0.4, 0.5) is 0 Å². The summed E-state index contributed by atoms with van der Waals surface area (Å²) in [5.41, 5.74) is 1.37. The van der Waals surface area contributed by atoms with Crippen LogP contribution in [-0.4, -0.2) is 12.6 Å². The molecule has 0 saturated heterocycles. The minimum absolute atomic E-state index is 0.158. The monoisotopic (exact) mass is 241 g/mol. The smallest absolute Gasteiger partial charge is 0.119 e. The first-order valence-electron chi connectivity index (χ1n) is 5.74. The number of carbonyl (C=O) groups excluding carboxylic acids is 1. The van der Waals surface area contributed by atoms with Gasteiger partial charge in [-0.1, -0.05) is 30.3 Å². The number of carboxylic acid groups (broad SMARTS) is 1. The maximum absolute atomic E-state index is 10.6. The lowest BCUT2D eigenvalue weighted by atomic mass is 10.2. The van der Waals surface area contributed by atoms with Gasteiger partial charge in [0.15, 0.2) is 0 Å². The Morgan fingerprint density at radius 3 is 2.28 bits per heavy atom. The molecule has 92 valence electrons. The Balaban J connectivity index is 1.85. The first-order valence-corrected chi connectivity index (χ1v) is 5.74. The second-order valence-electron chi connectivity index (χ2n) is 3.90. The van der Waals surface area contributed by atoms with Gasteiger partial charge in [0.1, 0.15) is 5.75 Å². The van der Waals surface area contributed by atoms with Crippen molar-refractivity contribution in [2.75, 3.05) is 6.61 Å². The summed E-state index contributed by atoms with van der Waals surface area (Å²) in [5, 5.41) is 10.6. The van der Waals surface area contributed by atoms with E-state index in [9.17, 15) is 9.90 Å². The maximum Gasteiger partial charge on any atom is 0.119 e. The summed E-state index contributed by atoms with van der Waals surface area (Å²) in [6.07, 6.45) is 0.822. The Bertz CT molecular complexity index is 503. The number of hydrogen-bond donors (Lipinski definition) is 0. The zero-order valence-electron chi connectivity index (χ0n) is 9.84. The maximum atomic E-state index is 10.6. The van der Waals surface area contributed by atoms with Crippen molar-refractivity contribution in [2.45, 2.75) is 6.42 Å². The number of carbonyl (C=O) groups is 1. The van der Waals surface area contributed by atoms with E-state index in [-0.39, 0.29) is 5.56 Å². The van der Waals surface area contributed by atoms with Crippen molar-refractivity contribution in [3.8, 4) is 5.75 Å². The van der Waals surface area contributed by atoms with Gasteiger partial charge in [0, 0.05) is 6.42 Å². The minimum Gasteiger partial charge on any atom is -0.545 e. The molecule has 0 unspecified atom stereocenters. The molecule has 2 aromatic rings. The Hall–Kier alpha value is -2.29. The van der Waals surface area contributed by atoms with Crippen LogP contribution >= 0.6 is 0 Å². The number of ether oxygens (including phenoxy) is 1. The molecule has 0 aliphatic rings. The number of aromatic carboxylic acids is 1. The highest BCUT2D eigenvalue weighted by atomic mass is 16.5. The molecule has 0 N–H and O–H groups in total. The van der Waals surface area contributed by atoms with Crippen LogP contribution in [0.25, 0.3) is 0 Å². The standard InChI is InChI=1S/C15H14O3/c16-15(17)13-6-8-14(9-7-13)18-11-10-12-4-2-1-3-5-12/h1-9H,10-11H2,(H,16,17)/p-1. The minimum atomic E-state index is -1.18. The molecular formula is C15H13O3-. The molecule has 0 amide bonds. The lowest BCUT2D eigenvalue weighted by Crippen LogP contribution is -2.21. The molecule has 0 saturated carbocycles. The predicted octanol–water partition coefficient (Wildman–Crippen LogP) is 1.67. The largest absolute Gasteiger partial charge is 0.545 e. The van der Waals surface area contributed by atoms with Crippen LogP contribution in [0.3, 0.4) is 0 Å². The van der Waals surface area contributed by atoms with E-state index in [2.05, 4.69) is 0 Å². The van der Waals surface area contributed by atoms with Crippen molar-refractivity contribution in [1.29, 1.82) is 0 Å². The van der Waals surface area contributed by atoms with Crippen LogP contribution in [0.15, 0.2) is 54.6 Å². The fourth-order valence-electron chi connectivity index (χ4n) is 1.62. The average Bonchev–Trinajstić information content (AvgIpc) is 2.40. The lowest BCUT2D eigenvalue weighted by molar-refractivity contribution is -0.255. The van der Waals surface area contributed by atoms with Gasteiger partial charge in [-0.15, -0.1) is 0 Å². The number of rotatable bonds is 5. The molecule has 0 fully saturated rings. The summed E-state index contributed by atoms with van der Waals surface area (Å²) in [5.74, 6) is -0.512. The second kappa shape index (κ2) is 5.87. The van der Waals surface area contributed by atoms with Crippen LogP contribution in [0.5, 0.6) is 5.75 Å². The summed E-state index contributed by atoms with van der Waals surface area (Å²) < 4.78 is 5.53. The Kier molecular flexibility index (Phi) is 3.97. The van der Waals surface area contributed by atoms with E-state index in [0.717, 1.165) is 6.42 Å². The summed E-state index contributed by atoms with van der Waals surface area (Å²) in [4.78, 5) is 10.6. The summed E-state index contributed by atoms with van der Waals surface area (Å²) in [6.45, 7) is 0.564. The SMILES string of the molecule is O=C([O-])c1ccc(OCCc2ccccc2)cc1. The summed E-state index contributed by atoms with van der Waals surface area (Å²) >= 11 is 0. The molecule has 0 radical (unpaired) electrons. The molecule has 0 bridgehead atoms. The topological polar surface area (TPSA) is 49.4 Å². The molecule has 0 aliphatic heterocycles. The highest BCUT2D eigenvalue weighted by molar-refractivity contribution is 5.85. The molecule has 2 rings (SSSR count). The van der Waals surface area contributed by atoms with Crippen LogP contribution < -0.4 is 9.84 Å². The van der Waals surface area contributed by atoms with Crippen molar-refractivity contribution in [2.24, 2.45) is 0 Å². The van der Waals surface area contributed by atoms with Crippen LogP contribution in [0, 0.1) is 0 Å². The Morgan fingerprint density at radius 2 is 1.67 bits per heavy atom. The van der Waals surface area contributed by atoms with Crippen LogP contribution in [0.2, 0.25) is 0 Å². The average molecular weight is 241 g/mol. The van der Waals surface area contributed by atoms with Gasteiger partial charge < -0.3 is 14.6 Å². The normalized spacial score (nSPS) is 10.0. The van der Waals surface area contributed by atoms with E-state index in [1.54, 1.807) is 12.1 Å². The lowest BCUT2D eigenvalue weighted by Gasteiger charge is -2.07. The molecule has 2 aromatic carbocycles. The first-order chi connectivity index (χ1) is 8.75. The number of benzene rings is 2. The van der Waals surface area contributed by atoms with Crippen molar-refractivity contribution in [1.82, 2.24) is 0 Å². The van der Waals surface area contributed by atoms with E-state index >= 15 is 0 Å². The highest BCUT2D eigenvalue weighted by Gasteiger charge is 1.97. The zero-order valence-corrected chi connectivity index (χ0v) is 9.84. The van der Waals surface area contributed by atoms with Crippen LogP contribution in [0.1, 0.15) is 15.9 Å². The van der Waals surface area contributed by atoms with E-state index in [0.29, 0.717) is 12.4 Å². The van der Waals surface area contributed by atoms with Crippen molar-refractivity contribution < 1.29 is 14.6 Å². The van der Waals surface area contributed by atoms with Crippen LogP contribution in [-0.2, 0) is 6.42 Å². The van der Waals surface area contributed by atoms with Gasteiger partial charge in [-0.05, 0) is 35.4 Å². The molecule has 18 heavy (non-hydrogen) atoms. The van der Waals surface area contributed by atoms with Crippen molar-refractivity contribution in [3.63, 3.8) is 0 Å². The third kappa shape index (κ3) is 3.35. The fraction of sp³-hybridized carbons (Fsp3) is 0.133.